The molecular weight excluding hydrogens is 382 g/mol. The van der Waals surface area contributed by atoms with Crippen LogP contribution in [0.15, 0.2) is 40.8 Å². The first-order valence-corrected chi connectivity index (χ1v) is 10.3. The SMILES string of the molecule is CC1Oc2ccccc2C=C1/C=C1\SC(=S)N(CCS(=O)(=O)O)C1=O. The number of para-hydroxylation sites is 1. The smallest absolute Gasteiger partial charge is 0.266 e. The molecule has 0 aromatic heterocycles. The zero-order valence-electron chi connectivity index (χ0n) is 13.2. The molecule has 1 aromatic rings. The predicted octanol–water partition coefficient (Wildman–Crippen LogP) is 2.48. The summed E-state index contributed by atoms with van der Waals surface area (Å²) in [6, 6.07) is 7.60. The second-order valence-electron chi connectivity index (χ2n) is 5.56. The second kappa shape index (κ2) is 6.91. The lowest BCUT2D eigenvalue weighted by Crippen LogP contribution is -2.32. The molecule has 3 rings (SSSR count). The molecular formula is C16H15NO5S3. The Morgan fingerprint density at radius 2 is 2.12 bits per heavy atom. The molecule has 1 N–H and O–H groups in total. The summed E-state index contributed by atoms with van der Waals surface area (Å²) in [7, 11) is -4.16. The van der Waals surface area contributed by atoms with Crippen molar-refractivity contribution >= 4 is 50.4 Å². The number of carbonyl (C=O) groups excluding carboxylic acids is 1. The van der Waals surface area contributed by atoms with Gasteiger partial charge in [0, 0.05) is 12.1 Å². The van der Waals surface area contributed by atoms with Crippen molar-refractivity contribution in [1.82, 2.24) is 4.90 Å². The Kier molecular flexibility index (Phi) is 5.01. The Balaban J connectivity index is 1.84. The Bertz CT molecular complexity index is 904. The van der Waals surface area contributed by atoms with Crippen molar-refractivity contribution in [2.24, 2.45) is 0 Å². The third kappa shape index (κ3) is 4.12. The number of benzene rings is 1. The number of thiocarbonyl (C=S) groups is 1. The van der Waals surface area contributed by atoms with Crippen LogP contribution in [0, 0.1) is 0 Å². The van der Waals surface area contributed by atoms with E-state index in [4.69, 9.17) is 21.5 Å². The van der Waals surface area contributed by atoms with Crippen LogP contribution in [0.1, 0.15) is 12.5 Å². The lowest BCUT2D eigenvalue weighted by Gasteiger charge is -2.23. The quantitative estimate of drug-likeness (QED) is 0.475. The van der Waals surface area contributed by atoms with E-state index in [0.717, 1.165) is 28.6 Å². The standard InChI is InChI=1S/C16H15NO5S3/c1-10-12(8-11-4-2-3-5-13(11)22-10)9-14-15(18)17(16(23)24-14)6-7-25(19,20)21/h2-5,8-10H,6-7H2,1H3,(H,19,20,21)/b14-9-. The zero-order valence-corrected chi connectivity index (χ0v) is 15.7. The Morgan fingerprint density at radius 3 is 2.84 bits per heavy atom. The molecule has 132 valence electrons. The van der Waals surface area contributed by atoms with Crippen molar-refractivity contribution in [3.63, 3.8) is 0 Å². The molecule has 1 fully saturated rings. The molecule has 6 nitrogen and oxygen atoms in total. The topological polar surface area (TPSA) is 83.9 Å². The van der Waals surface area contributed by atoms with Crippen LogP contribution in [0.5, 0.6) is 5.75 Å². The number of nitrogens with zero attached hydrogens (tertiary/aromatic N) is 1. The van der Waals surface area contributed by atoms with Gasteiger partial charge in [0.1, 0.15) is 16.2 Å². The summed E-state index contributed by atoms with van der Waals surface area (Å²) in [5.41, 5.74) is 1.75. The Hall–Kier alpha value is -1.68. The first-order chi connectivity index (χ1) is 11.7. The van der Waals surface area contributed by atoms with Gasteiger partial charge in [-0.05, 0) is 30.7 Å². The molecule has 2 heterocycles. The highest BCUT2D eigenvalue weighted by Crippen LogP contribution is 2.35. The highest BCUT2D eigenvalue weighted by Gasteiger charge is 2.33. The largest absolute Gasteiger partial charge is 0.485 e. The van der Waals surface area contributed by atoms with Crippen LogP contribution in [0.25, 0.3) is 6.08 Å². The van der Waals surface area contributed by atoms with E-state index in [0.29, 0.717) is 4.91 Å². The van der Waals surface area contributed by atoms with Gasteiger partial charge in [-0.1, -0.05) is 42.2 Å². The van der Waals surface area contributed by atoms with Crippen LogP contribution in [-0.4, -0.2) is 46.5 Å². The molecule has 1 atom stereocenters. The number of thioether (sulfide) groups is 1. The van der Waals surface area contributed by atoms with E-state index in [1.165, 1.54) is 4.90 Å². The number of fused-ring (bicyclic) bond motifs is 1. The maximum Gasteiger partial charge on any atom is 0.266 e. The molecule has 0 bridgehead atoms. The van der Waals surface area contributed by atoms with Crippen molar-refractivity contribution in [3.05, 3.63) is 46.4 Å². The molecule has 25 heavy (non-hydrogen) atoms. The summed E-state index contributed by atoms with van der Waals surface area (Å²) in [6.07, 6.45) is 3.44. The summed E-state index contributed by atoms with van der Waals surface area (Å²) in [5, 5.41) is 0. The highest BCUT2D eigenvalue weighted by atomic mass is 32.2. The molecule has 9 heteroatoms. The minimum absolute atomic E-state index is 0.172. The van der Waals surface area contributed by atoms with E-state index in [9.17, 15) is 13.2 Å². The summed E-state index contributed by atoms with van der Waals surface area (Å²) in [5.74, 6) is -0.138. The fraction of sp³-hybridized carbons (Fsp3) is 0.250. The van der Waals surface area contributed by atoms with E-state index >= 15 is 0 Å². The van der Waals surface area contributed by atoms with Gasteiger partial charge < -0.3 is 4.74 Å². The normalized spacial score (nSPS) is 22.0. The van der Waals surface area contributed by atoms with Gasteiger partial charge in [-0.15, -0.1) is 0 Å². The Morgan fingerprint density at radius 1 is 1.40 bits per heavy atom. The molecule has 0 aliphatic carbocycles. The molecule has 2 aliphatic heterocycles. The molecule has 1 unspecified atom stereocenters. The van der Waals surface area contributed by atoms with E-state index in [1.54, 1.807) is 6.08 Å². The number of hydrogen-bond acceptors (Lipinski definition) is 6. The van der Waals surface area contributed by atoms with Gasteiger partial charge in [0.05, 0.1) is 10.7 Å². The summed E-state index contributed by atoms with van der Waals surface area (Å²) < 4.78 is 36.7. The zero-order chi connectivity index (χ0) is 18.2. The number of rotatable bonds is 4. The van der Waals surface area contributed by atoms with Crippen molar-refractivity contribution in [2.45, 2.75) is 13.0 Å². The molecule has 0 spiro atoms. The minimum atomic E-state index is -4.16. The van der Waals surface area contributed by atoms with Crippen molar-refractivity contribution in [1.29, 1.82) is 0 Å². The maximum absolute atomic E-state index is 12.5. The van der Waals surface area contributed by atoms with Gasteiger partial charge in [-0.2, -0.15) is 8.42 Å². The third-order valence-corrected chi connectivity index (χ3v) is 5.83. The van der Waals surface area contributed by atoms with Gasteiger partial charge >= 0.3 is 0 Å². The van der Waals surface area contributed by atoms with E-state index in [-0.39, 0.29) is 22.9 Å². The number of hydrogen-bond donors (Lipinski definition) is 1. The van der Waals surface area contributed by atoms with E-state index in [1.807, 2.05) is 37.3 Å². The third-order valence-electron chi connectivity index (χ3n) is 3.76. The fourth-order valence-electron chi connectivity index (χ4n) is 2.47. The van der Waals surface area contributed by atoms with Crippen LogP contribution in [0.3, 0.4) is 0 Å². The minimum Gasteiger partial charge on any atom is -0.485 e. The van der Waals surface area contributed by atoms with Gasteiger partial charge in [0.2, 0.25) is 0 Å². The fourth-order valence-corrected chi connectivity index (χ4v) is 4.19. The maximum atomic E-state index is 12.5. The first kappa shape index (κ1) is 18.1. The number of amides is 1. The molecule has 1 amide bonds. The van der Waals surface area contributed by atoms with Crippen molar-refractivity contribution < 1.29 is 22.5 Å². The van der Waals surface area contributed by atoms with Gasteiger partial charge in [0.15, 0.2) is 0 Å². The lowest BCUT2D eigenvalue weighted by molar-refractivity contribution is -0.122. The van der Waals surface area contributed by atoms with Crippen LogP contribution in [-0.2, 0) is 14.9 Å². The summed E-state index contributed by atoms with van der Waals surface area (Å²) in [4.78, 5) is 14.1. The monoisotopic (exact) mass is 397 g/mol. The van der Waals surface area contributed by atoms with Gasteiger partial charge in [-0.25, -0.2) is 0 Å². The van der Waals surface area contributed by atoms with Crippen molar-refractivity contribution in [3.8, 4) is 5.75 Å². The Labute approximate surface area is 155 Å². The van der Waals surface area contributed by atoms with Crippen LogP contribution in [0.4, 0.5) is 0 Å². The summed E-state index contributed by atoms with van der Waals surface area (Å²) >= 11 is 6.25. The molecule has 1 aromatic carbocycles. The second-order valence-corrected chi connectivity index (χ2v) is 8.81. The number of carbonyl (C=O) groups is 1. The van der Waals surface area contributed by atoms with Crippen molar-refractivity contribution in [2.75, 3.05) is 12.3 Å². The van der Waals surface area contributed by atoms with Crippen LogP contribution >= 0.6 is 24.0 Å². The van der Waals surface area contributed by atoms with Crippen LogP contribution < -0.4 is 4.74 Å². The lowest BCUT2D eigenvalue weighted by atomic mass is 10.0. The number of ether oxygens (including phenoxy) is 1. The highest BCUT2D eigenvalue weighted by molar-refractivity contribution is 8.26. The van der Waals surface area contributed by atoms with Gasteiger partial charge in [0.25, 0.3) is 16.0 Å². The summed E-state index contributed by atoms with van der Waals surface area (Å²) in [6.45, 7) is 1.71. The first-order valence-electron chi connectivity index (χ1n) is 7.42. The van der Waals surface area contributed by atoms with Gasteiger partial charge in [-0.3, -0.25) is 14.2 Å². The average molecular weight is 397 g/mol. The molecule has 2 aliphatic rings. The van der Waals surface area contributed by atoms with Crippen LogP contribution in [0.2, 0.25) is 0 Å². The average Bonchev–Trinajstić information content (AvgIpc) is 2.79. The molecule has 1 saturated heterocycles. The molecule has 0 saturated carbocycles. The van der Waals surface area contributed by atoms with E-state index < -0.39 is 15.9 Å². The predicted molar refractivity (Wildman–Crippen MR) is 101 cm³/mol. The van der Waals surface area contributed by atoms with E-state index in [2.05, 4.69) is 0 Å². The molecule has 0 radical (unpaired) electrons.